The van der Waals surface area contributed by atoms with E-state index in [0.29, 0.717) is 19.1 Å². The molecule has 3 rings (SSSR count). The number of hydrogen-bond acceptors (Lipinski definition) is 4. The summed E-state index contributed by atoms with van der Waals surface area (Å²) in [5, 5.41) is 10.4. The van der Waals surface area contributed by atoms with Crippen molar-refractivity contribution in [2.75, 3.05) is 39.3 Å². The van der Waals surface area contributed by atoms with Gasteiger partial charge in [-0.15, -0.1) is 0 Å². The molecule has 1 saturated heterocycles. The maximum absolute atomic E-state index is 10.4. The Morgan fingerprint density at radius 3 is 2.17 bits per heavy atom. The molecule has 1 aliphatic heterocycles. The first kappa shape index (κ1) is 26.7. The van der Waals surface area contributed by atoms with Gasteiger partial charge in [0.2, 0.25) is 0 Å². The number of hydrogen-bond donors (Lipinski definition) is 1. The fraction of sp³-hybridized carbons (Fsp3) is 0.500. The Bertz CT molecular complexity index is 735. The quantitative estimate of drug-likeness (QED) is 0.487. The van der Waals surface area contributed by atoms with Crippen LogP contribution in [0.25, 0.3) is 0 Å². The SMILES string of the molecule is Cc1cc(OCC(O)CN2CCN(Cc3ccccc3)CC2)ccc1C(C)C.[Cl-].[Cl-]. The zero-order chi connectivity index (χ0) is 19.9. The molecule has 1 atom stereocenters. The van der Waals surface area contributed by atoms with E-state index < -0.39 is 6.10 Å². The molecule has 0 bridgehead atoms. The first-order chi connectivity index (χ1) is 13.5. The predicted octanol–water partition coefficient (Wildman–Crippen LogP) is -2.32. The van der Waals surface area contributed by atoms with Crippen molar-refractivity contribution in [2.45, 2.75) is 39.3 Å². The summed E-state index contributed by atoms with van der Waals surface area (Å²) in [5.74, 6) is 1.36. The maximum atomic E-state index is 10.4. The molecule has 1 fully saturated rings. The van der Waals surface area contributed by atoms with Crippen LogP contribution in [0.3, 0.4) is 0 Å². The second kappa shape index (κ2) is 13.2. The molecule has 1 aliphatic rings. The Labute approximate surface area is 194 Å². The number of benzene rings is 2. The van der Waals surface area contributed by atoms with Crippen LogP contribution in [-0.4, -0.2) is 60.3 Å². The van der Waals surface area contributed by atoms with Crippen molar-refractivity contribution in [3.8, 4) is 5.75 Å². The summed E-state index contributed by atoms with van der Waals surface area (Å²) >= 11 is 0. The summed E-state index contributed by atoms with van der Waals surface area (Å²) in [4.78, 5) is 4.82. The van der Waals surface area contributed by atoms with Crippen LogP contribution in [0, 0.1) is 6.92 Å². The molecular weight excluding hydrogens is 419 g/mol. The topological polar surface area (TPSA) is 35.9 Å². The molecule has 2 aromatic rings. The molecule has 6 heteroatoms. The second-order valence-electron chi connectivity index (χ2n) is 8.20. The molecule has 0 amide bonds. The van der Waals surface area contributed by atoms with Gasteiger partial charge in [0.15, 0.2) is 0 Å². The lowest BCUT2D eigenvalue weighted by Crippen LogP contribution is -3.00. The van der Waals surface area contributed by atoms with Gasteiger partial charge in [-0.1, -0.05) is 50.2 Å². The number of aliphatic hydroxyl groups excluding tert-OH is 1. The van der Waals surface area contributed by atoms with Crippen molar-refractivity contribution in [3.05, 3.63) is 65.2 Å². The van der Waals surface area contributed by atoms with Crippen molar-refractivity contribution in [2.24, 2.45) is 0 Å². The van der Waals surface area contributed by atoms with Crippen LogP contribution in [0.5, 0.6) is 5.75 Å². The van der Waals surface area contributed by atoms with Crippen molar-refractivity contribution >= 4 is 0 Å². The van der Waals surface area contributed by atoms with Gasteiger partial charge in [0.05, 0.1) is 0 Å². The number of aryl methyl sites for hydroxylation is 1. The number of nitrogens with zero attached hydrogens (tertiary/aromatic N) is 2. The molecule has 4 nitrogen and oxygen atoms in total. The van der Waals surface area contributed by atoms with Gasteiger partial charge in [-0.05, 0) is 41.7 Å². The molecule has 0 spiro atoms. The summed E-state index contributed by atoms with van der Waals surface area (Å²) in [5.41, 5.74) is 3.96. The van der Waals surface area contributed by atoms with Gasteiger partial charge in [-0.3, -0.25) is 9.80 Å². The zero-order valence-electron chi connectivity index (χ0n) is 18.2. The first-order valence-corrected chi connectivity index (χ1v) is 10.4. The molecule has 1 unspecified atom stereocenters. The van der Waals surface area contributed by atoms with Crippen molar-refractivity contribution in [3.63, 3.8) is 0 Å². The van der Waals surface area contributed by atoms with Crippen molar-refractivity contribution in [1.29, 1.82) is 0 Å². The largest absolute Gasteiger partial charge is 1.00 e. The summed E-state index contributed by atoms with van der Waals surface area (Å²) < 4.78 is 5.84. The maximum Gasteiger partial charge on any atom is 0.119 e. The molecular formula is C24H34Cl2N2O2-2. The van der Waals surface area contributed by atoms with Crippen LogP contribution in [0.4, 0.5) is 0 Å². The van der Waals surface area contributed by atoms with E-state index in [2.05, 4.69) is 73.0 Å². The summed E-state index contributed by atoms with van der Waals surface area (Å²) in [6, 6.07) is 16.8. The smallest absolute Gasteiger partial charge is 0.119 e. The number of β-amino-alcohol motifs (C(OH)–C–C–N with tert-alkyl or cyclic N) is 1. The van der Waals surface area contributed by atoms with Gasteiger partial charge >= 0.3 is 0 Å². The lowest BCUT2D eigenvalue weighted by Gasteiger charge is -2.35. The van der Waals surface area contributed by atoms with Gasteiger partial charge in [-0.25, -0.2) is 0 Å². The predicted molar refractivity (Wildman–Crippen MR) is 115 cm³/mol. The highest BCUT2D eigenvalue weighted by atomic mass is 35.5. The van der Waals surface area contributed by atoms with E-state index in [1.807, 2.05) is 6.07 Å². The van der Waals surface area contributed by atoms with Crippen LogP contribution in [0.1, 0.15) is 36.5 Å². The first-order valence-electron chi connectivity index (χ1n) is 10.4. The lowest BCUT2D eigenvalue weighted by atomic mass is 9.98. The molecule has 0 aliphatic carbocycles. The summed E-state index contributed by atoms with van der Waals surface area (Å²) in [6.07, 6.45) is -0.467. The van der Waals surface area contributed by atoms with Crippen LogP contribution in [0.15, 0.2) is 48.5 Å². The van der Waals surface area contributed by atoms with E-state index in [1.54, 1.807) is 0 Å². The molecule has 1 heterocycles. The average molecular weight is 453 g/mol. The van der Waals surface area contributed by atoms with Crippen molar-refractivity contribution in [1.82, 2.24) is 9.80 Å². The Balaban J connectivity index is 0.00000225. The third-order valence-corrected chi connectivity index (χ3v) is 5.49. The van der Waals surface area contributed by atoms with Gasteiger partial charge in [-0.2, -0.15) is 0 Å². The molecule has 1 N–H and O–H groups in total. The number of piperazine rings is 1. The Morgan fingerprint density at radius 2 is 1.57 bits per heavy atom. The minimum Gasteiger partial charge on any atom is -1.00 e. The van der Waals surface area contributed by atoms with E-state index in [9.17, 15) is 5.11 Å². The van der Waals surface area contributed by atoms with Crippen molar-refractivity contribution < 1.29 is 34.7 Å². The third kappa shape index (κ3) is 8.09. The van der Waals surface area contributed by atoms with E-state index in [0.717, 1.165) is 38.5 Å². The summed E-state index contributed by atoms with van der Waals surface area (Å²) in [7, 11) is 0. The van der Waals surface area contributed by atoms with E-state index in [4.69, 9.17) is 4.74 Å². The molecule has 2 aromatic carbocycles. The minimum atomic E-state index is -0.467. The molecule has 168 valence electrons. The van der Waals surface area contributed by atoms with E-state index in [-0.39, 0.29) is 24.8 Å². The number of ether oxygens (including phenoxy) is 1. The van der Waals surface area contributed by atoms with Crippen LogP contribution in [0.2, 0.25) is 0 Å². The van der Waals surface area contributed by atoms with E-state index >= 15 is 0 Å². The van der Waals surface area contributed by atoms with Crippen LogP contribution >= 0.6 is 0 Å². The molecule has 0 radical (unpaired) electrons. The van der Waals surface area contributed by atoms with Gasteiger partial charge in [0, 0.05) is 39.3 Å². The Kier molecular flexibility index (Phi) is 11.7. The second-order valence-corrected chi connectivity index (χ2v) is 8.20. The molecule has 30 heavy (non-hydrogen) atoms. The van der Waals surface area contributed by atoms with E-state index in [1.165, 1.54) is 16.7 Å². The monoisotopic (exact) mass is 452 g/mol. The number of aliphatic hydroxyl groups is 1. The van der Waals surface area contributed by atoms with Crippen LogP contribution < -0.4 is 29.6 Å². The molecule has 0 saturated carbocycles. The fourth-order valence-electron chi connectivity index (χ4n) is 3.90. The number of rotatable bonds is 8. The lowest BCUT2D eigenvalue weighted by molar-refractivity contribution is -0.00100. The summed E-state index contributed by atoms with van der Waals surface area (Å²) in [6.45, 7) is 12.6. The average Bonchev–Trinajstić information content (AvgIpc) is 2.68. The normalized spacial score (nSPS) is 15.9. The number of halogens is 2. The highest BCUT2D eigenvalue weighted by Crippen LogP contribution is 2.23. The third-order valence-electron chi connectivity index (χ3n) is 5.49. The van der Waals surface area contributed by atoms with Gasteiger partial charge in [0.25, 0.3) is 0 Å². The minimum absolute atomic E-state index is 0. The van der Waals surface area contributed by atoms with Gasteiger partial charge < -0.3 is 34.7 Å². The Morgan fingerprint density at radius 1 is 0.933 bits per heavy atom. The standard InChI is InChI=1S/C24H34N2O2.2ClH/c1-19(2)24-10-9-23(15-20(24)3)28-18-22(27)17-26-13-11-25(12-14-26)16-21-7-5-4-6-8-21;;/h4-10,15,19,22,27H,11-14,16-18H2,1-3H3;2*1H/p-2. The molecule has 0 aromatic heterocycles. The highest BCUT2D eigenvalue weighted by molar-refractivity contribution is 5.36. The fourth-order valence-corrected chi connectivity index (χ4v) is 3.90. The zero-order valence-corrected chi connectivity index (χ0v) is 19.7. The van der Waals surface area contributed by atoms with Gasteiger partial charge in [0.1, 0.15) is 18.5 Å². The highest BCUT2D eigenvalue weighted by Gasteiger charge is 2.19. The Hall–Kier alpha value is -1.30. The van der Waals surface area contributed by atoms with Crippen LogP contribution in [-0.2, 0) is 6.54 Å².